The smallest absolute Gasteiger partial charge is 0.220 e. The number of carbonyl (C=O) groups excluding carboxylic acids is 1. The number of aromatic amines is 2. The van der Waals surface area contributed by atoms with Gasteiger partial charge in [-0.15, -0.1) is 23.5 Å². The zero-order valence-electron chi connectivity index (χ0n) is 40.5. The monoisotopic (exact) mass is 997 g/mol. The Morgan fingerprint density at radius 3 is 2.01 bits per heavy atom. The van der Waals surface area contributed by atoms with Crippen molar-refractivity contribution in [2.24, 2.45) is 0 Å². The highest BCUT2D eigenvalue weighted by Crippen LogP contribution is 2.42. The van der Waals surface area contributed by atoms with Crippen LogP contribution in [0.5, 0.6) is 0 Å². The van der Waals surface area contributed by atoms with Gasteiger partial charge in [0, 0.05) is 70.4 Å². The van der Waals surface area contributed by atoms with E-state index in [2.05, 4.69) is 81.1 Å². The highest BCUT2D eigenvalue weighted by molar-refractivity contribution is 8.00. The summed E-state index contributed by atoms with van der Waals surface area (Å²) in [6, 6.07) is 6.38. The first kappa shape index (κ1) is 53.4. The van der Waals surface area contributed by atoms with Gasteiger partial charge in [0.2, 0.25) is 5.91 Å². The Morgan fingerprint density at radius 1 is 0.783 bits per heavy atom. The fourth-order valence-corrected chi connectivity index (χ4v) is 12.0. The first-order chi connectivity index (χ1) is 33.0. The summed E-state index contributed by atoms with van der Waals surface area (Å²) >= 11 is 2.56. The van der Waals surface area contributed by atoms with Crippen LogP contribution in [-0.4, -0.2) is 164 Å². The molecule has 1 amide bonds. The van der Waals surface area contributed by atoms with Gasteiger partial charge >= 0.3 is 0 Å². The topological polar surface area (TPSA) is 276 Å². The van der Waals surface area contributed by atoms with Crippen molar-refractivity contribution < 1.29 is 59.9 Å². The summed E-state index contributed by atoms with van der Waals surface area (Å²) in [6.45, 7) is 14.5. The Bertz CT molecular complexity index is 2480. The van der Waals surface area contributed by atoms with Crippen LogP contribution >= 0.6 is 23.5 Å². The maximum Gasteiger partial charge on any atom is 0.220 e. The molecule has 13 atom stereocenters. The first-order valence-corrected chi connectivity index (χ1v) is 26.2. The predicted octanol–water partition coefficient (Wildman–Crippen LogP) is 4.07. The van der Waals surface area contributed by atoms with Crippen LogP contribution in [0, 0.1) is 20.8 Å². The molecule has 0 radical (unpaired) electrons. The number of hydrogen-bond acceptors (Lipinski definition) is 16. The molecule has 2 fully saturated rings. The van der Waals surface area contributed by atoms with Crippen LogP contribution in [0.25, 0.3) is 33.7 Å². The summed E-state index contributed by atoms with van der Waals surface area (Å²) in [5.41, 5.74) is 12.0. The van der Waals surface area contributed by atoms with Gasteiger partial charge < -0.3 is 70.3 Å². The lowest BCUT2D eigenvalue weighted by molar-refractivity contribution is -0.205. The number of ether oxygens (including phenoxy) is 3. The van der Waals surface area contributed by atoms with Crippen molar-refractivity contribution in [2.75, 3.05) is 37.9 Å². The van der Waals surface area contributed by atoms with E-state index in [-0.39, 0.29) is 30.3 Å². The number of thioether (sulfide) groups is 2. The quantitative estimate of drug-likeness (QED) is 0.0802. The minimum absolute atomic E-state index is 0.0381. The van der Waals surface area contributed by atoms with E-state index in [4.69, 9.17) is 24.2 Å². The van der Waals surface area contributed by atoms with Gasteiger partial charge in [0.1, 0.15) is 59.7 Å². The van der Waals surface area contributed by atoms with E-state index in [1.165, 1.54) is 29.1 Å². The molecule has 2 saturated heterocycles. The summed E-state index contributed by atoms with van der Waals surface area (Å²) in [7, 11) is 0. The summed E-state index contributed by atoms with van der Waals surface area (Å²) < 4.78 is 17.8. The predicted molar refractivity (Wildman–Crippen MR) is 268 cm³/mol. The lowest BCUT2D eigenvalue weighted by Crippen LogP contribution is -2.57. The molecule has 0 aromatic carbocycles. The molecule has 3 aromatic heterocycles. The zero-order chi connectivity index (χ0) is 49.8. The molecule has 4 aliphatic heterocycles. The molecule has 17 nitrogen and oxygen atoms in total. The Labute approximate surface area is 411 Å². The van der Waals surface area contributed by atoms with E-state index >= 15 is 0 Å². The molecule has 11 N–H and O–H groups in total. The average molecular weight is 998 g/mol. The molecule has 3 aromatic rings. The van der Waals surface area contributed by atoms with Crippen LogP contribution in [0.3, 0.4) is 0 Å². The highest BCUT2D eigenvalue weighted by atomic mass is 32.2. The molecule has 1 unspecified atom stereocenters. The normalized spacial score (nSPS) is 28.7. The summed E-state index contributed by atoms with van der Waals surface area (Å²) in [4.78, 5) is 31.3. The number of aryl methyl sites for hydroxylation is 3. The Balaban J connectivity index is 1.12. The standard InChI is InChI=1S/C50H71N5O12S2/c1-8-29-24(3)33-20-37-41(28(7)65-14-10-16-69-50-48(64)46(62)44(60)39(22-57)67-50)26(5)35(54-37)19-34-25(4)30(42(55-34)27(6)32-17-23(2)31(52-32)18-36(29)53-33)11-12-40(58)51-13-9-15-68-49-47(63)45(61)43(59)38(21-56)66-49/h17-20,25,28,30,38-39,43-50,53-54,56-57,59-64H,8-16,21-22H2,1-7H3,(H,51,58)/t25-,28?,30-,38+,39+,43+,44+,45-,46-,47+,48+,49-,50-/m0/s1. The number of nitrogens with zero attached hydrogens (tertiary/aromatic N) is 2. The number of hydrogen-bond donors (Lipinski definition) is 11. The summed E-state index contributed by atoms with van der Waals surface area (Å²) in [6.07, 6.45) is -5.56. The molecule has 0 saturated carbocycles. The fraction of sp³-hybridized carbons (Fsp3) is 0.620. The van der Waals surface area contributed by atoms with Gasteiger partial charge in [-0.05, 0) is 124 Å². The second-order valence-corrected chi connectivity index (χ2v) is 21.1. The van der Waals surface area contributed by atoms with Crippen molar-refractivity contribution in [3.63, 3.8) is 0 Å². The van der Waals surface area contributed by atoms with Crippen molar-refractivity contribution in [2.45, 2.75) is 158 Å². The van der Waals surface area contributed by atoms with Gasteiger partial charge in [-0.2, -0.15) is 0 Å². The molecule has 0 aliphatic carbocycles. The number of allylic oxidation sites excluding steroid dienone is 1. The molecule has 19 heteroatoms. The number of aromatic nitrogens is 4. The van der Waals surface area contributed by atoms with E-state index in [1.807, 2.05) is 6.92 Å². The Kier molecular flexibility index (Phi) is 18.1. The van der Waals surface area contributed by atoms with Crippen molar-refractivity contribution in [1.82, 2.24) is 25.3 Å². The molecular formula is C50H71N5O12S2. The van der Waals surface area contributed by atoms with Gasteiger partial charge in [0.15, 0.2) is 0 Å². The third-order valence-corrected chi connectivity index (χ3v) is 16.6. The zero-order valence-corrected chi connectivity index (χ0v) is 42.1. The van der Waals surface area contributed by atoms with E-state index in [1.54, 1.807) is 0 Å². The van der Waals surface area contributed by atoms with Crippen LogP contribution in [0.2, 0.25) is 0 Å². The Morgan fingerprint density at radius 2 is 1.39 bits per heavy atom. The van der Waals surface area contributed by atoms with Crippen molar-refractivity contribution in [1.29, 1.82) is 0 Å². The maximum atomic E-state index is 13.4. The number of nitrogens with one attached hydrogen (secondary N) is 3. The Hall–Kier alpha value is -3.41. The first-order valence-electron chi connectivity index (χ1n) is 24.1. The van der Waals surface area contributed by atoms with Crippen molar-refractivity contribution in [3.05, 3.63) is 68.8 Å². The number of H-pyrrole nitrogens is 2. The lowest BCUT2D eigenvalue weighted by atomic mass is 9.85. The minimum Gasteiger partial charge on any atom is -0.394 e. The molecule has 69 heavy (non-hydrogen) atoms. The number of fused-ring (bicyclic) bond motifs is 8. The third-order valence-electron chi connectivity index (χ3n) is 14.1. The summed E-state index contributed by atoms with van der Waals surface area (Å²) in [5.74, 6) is 0.848. The number of rotatable bonds is 18. The van der Waals surface area contributed by atoms with Crippen LogP contribution < -0.4 is 5.32 Å². The number of amides is 1. The molecular weight excluding hydrogens is 927 g/mol. The van der Waals surface area contributed by atoms with Crippen molar-refractivity contribution >= 4 is 63.1 Å². The van der Waals surface area contributed by atoms with Crippen LogP contribution in [0.1, 0.15) is 122 Å². The lowest BCUT2D eigenvalue weighted by Gasteiger charge is -2.39. The van der Waals surface area contributed by atoms with E-state index in [0.29, 0.717) is 43.9 Å². The minimum atomic E-state index is -1.43. The molecule has 7 heterocycles. The molecule has 8 bridgehead atoms. The molecule has 380 valence electrons. The van der Waals surface area contributed by atoms with Gasteiger partial charge in [0.25, 0.3) is 0 Å². The second kappa shape index (κ2) is 23.4. The fourth-order valence-electron chi connectivity index (χ4n) is 9.83. The number of carbonyl (C=O) groups is 1. The van der Waals surface area contributed by atoms with Gasteiger partial charge in [-0.25, -0.2) is 4.98 Å². The second-order valence-electron chi connectivity index (χ2n) is 18.7. The SMILES string of the molecule is CCc1c(C)c2cc3[nH]c(cc4nc(c(C)c5nc(cc1[nH]2)C(C)=C5)[C@@H](CCC(=O)NCCCS[C@@H]1O[C@H](CO)[C@@H](O)[C@H](O)[C@H]1O)[C@@H]4C)c(C)c3C(C)OCCCS[C@@H]1O[C@H](CO)[C@@H](O)[C@H](O)[C@H]1O. The summed E-state index contributed by atoms with van der Waals surface area (Å²) in [5, 5.41) is 83.7. The van der Waals surface area contributed by atoms with Gasteiger partial charge in [-0.3, -0.25) is 9.78 Å². The van der Waals surface area contributed by atoms with Crippen LogP contribution in [0.4, 0.5) is 0 Å². The maximum absolute atomic E-state index is 13.4. The molecule has 4 aliphatic rings. The van der Waals surface area contributed by atoms with E-state index in [9.17, 15) is 45.6 Å². The average Bonchev–Trinajstić information content (AvgIpc) is 4.04. The van der Waals surface area contributed by atoms with E-state index < -0.39 is 72.9 Å². The largest absolute Gasteiger partial charge is 0.394 e. The van der Waals surface area contributed by atoms with Gasteiger partial charge in [0.05, 0.1) is 30.7 Å². The molecule has 7 rings (SSSR count). The van der Waals surface area contributed by atoms with Crippen LogP contribution in [0.15, 0.2) is 18.2 Å². The number of aliphatic hydroxyl groups is 8. The third kappa shape index (κ3) is 11.6. The van der Waals surface area contributed by atoms with Crippen LogP contribution in [-0.2, 0) is 25.4 Å². The number of aliphatic hydroxyl groups excluding tert-OH is 8. The highest BCUT2D eigenvalue weighted by Gasteiger charge is 2.44. The molecule has 0 spiro atoms. The van der Waals surface area contributed by atoms with Gasteiger partial charge in [-0.1, -0.05) is 13.8 Å². The van der Waals surface area contributed by atoms with E-state index in [0.717, 1.165) is 79.1 Å². The van der Waals surface area contributed by atoms with Crippen molar-refractivity contribution in [3.8, 4) is 0 Å².